The van der Waals surface area contributed by atoms with E-state index in [9.17, 15) is 0 Å². The summed E-state index contributed by atoms with van der Waals surface area (Å²) in [4.78, 5) is 11.1. The third kappa shape index (κ3) is 3.95. The van der Waals surface area contributed by atoms with Crippen molar-refractivity contribution in [1.82, 2.24) is 24.8 Å². The lowest BCUT2D eigenvalue weighted by Gasteiger charge is -2.35. The molecule has 1 saturated heterocycles. The average Bonchev–Trinajstić information content (AvgIpc) is 2.96. The molecule has 2 atom stereocenters. The van der Waals surface area contributed by atoms with Crippen LogP contribution in [-0.2, 0) is 11.8 Å². The fourth-order valence-electron chi connectivity index (χ4n) is 3.10. The van der Waals surface area contributed by atoms with E-state index < -0.39 is 0 Å². The van der Waals surface area contributed by atoms with Crippen LogP contribution in [0.2, 0.25) is 5.15 Å². The Morgan fingerprint density at radius 2 is 2.12 bits per heavy atom. The summed E-state index contributed by atoms with van der Waals surface area (Å²) in [5.74, 6) is 0.937. The Morgan fingerprint density at radius 1 is 1.33 bits per heavy atom. The van der Waals surface area contributed by atoms with E-state index in [4.69, 9.17) is 16.3 Å². The summed E-state index contributed by atoms with van der Waals surface area (Å²) in [5, 5.41) is 4.25. The normalized spacial score (nSPS) is 18.5. The van der Waals surface area contributed by atoms with Gasteiger partial charge in [0.05, 0.1) is 25.5 Å². The van der Waals surface area contributed by atoms with E-state index in [-0.39, 0.29) is 12.1 Å². The van der Waals surface area contributed by atoms with Gasteiger partial charge in [-0.15, -0.1) is 0 Å². The smallest absolute Gasteiger partial charge is 0.128 e. The van der Waals surface area contributed by atoms with Gasteiger partial charge in [0, 0.05) is 45.1 Å². The zero-order valence-electron chi connectivity index (χ0n) is 14.2. The van der Waals surface area contributed by atoms with Crippen LogP contribution in [0.5, 0.6) is 0 Å². The second kappa shape index (κ2) is 8.07. The highest BCUT2D eigenvalue weighted by Crippen LogP contribution is 2.22. The topological polar surface area (TPSA) is 55.2 Å². The van der Waals surface area contributed by atoms with Gasteiger partial charge in [0.15, 0.2) is 0 Å². The molecule has 1 fully saturated rings. The molecule has 0 aliphatic carbocycles. The first-order chi connectivity index (χ1) is 11.7. The van der Waals surface area contributed by atoms with E-state index >= 15 is 0 Å². The van der Waals surface area contributed by atoms with Gasteiger partial charge in [-0.3, -0.25) is 9.88 Å². The lowest BCUT2D eigenvalue weighted by atomic mass is 10.1. The maximum atomic E-state index is 6.10. The van der Waals surface area contributed by atoms with Gasteiger partial charge in [-0.05, 0) is 18.6 Å². The van der Waals surface area contributed by atoms with Gasteiger partial charge in [0.1, 0.15) is 11.0 Å². The first kappa shape index (κ1) is 17.4. The minimum Gasteiger partial charge on any atom is -0.379 e. The molecule has 3 heterocycles. The van der Waals surface area contributed by atoms with Crippen molar-refractivity contribution in [3.8, 4) is 0 Å². The monoisotopic (exact) mass is 349 g/mol. The van der Waals surface area contributed by atoms with Gasteiger partial charge < -0.3 is 14.6 Å². The van der Waals surface area contributed by atoms with E-state index in [1.165, 1.54) is 5.56 Å². The number of imidazole rings is 1. The van der Waals surface area contributed by atoms with Crippen molar-refractivity contribution in [3.05, 3.63) is 47.3 Å². The molecule has 0 radical (unpaired) electrons. The number of pyridine rings is 1. The fourth-order valence-corrected chi connectivity index (χ4v) is 3.24. The Kier molecular flexibility index (Phi) is 5.84. The van der Waals surface area contributed by atoms with Crippen LogP contribution in [0.4, 0.5) is 0 Å². The second-order valence-electron chi connectivity index (χ2n) is 6.08. The first-order valence-electron chi connectivity index (χ1n) is 8.29. The highest BCUT2D eigenvalue weighted by atomic mass is 35.5. The van der Waals surface area contributed by atoms with Gasteiger partial charge in [0.2, 0.25) is 0 Å². The summed E-state index contributed by atoms with van der Waals surface area (Å²) in [6.45, 7) is 6.35. The van der Waals surface area contributed by atoms with Crippen molar-refractivity contribution in [2.45, 2.75) is 19.0 Å². The molecule has 1 aliphatic heterocycles. The summed E-state index contributed by atoms with van der Waals surface area (Å²) in [6.07, 6.45) is 5.45. The van der Waals surface area contributed by atoms with Crippen molar-refractivity contribution >= 4 is 11.6 Å². The quantitative estimate of drug-likeness (QED) is 0.866. The highest BCUT2D eigenvalue weighted by Gasteiger charge is 2.24. The summed E-state index contributed by atoms with van der Waals surface area (Å²) < 4.78 is 7.40. The van der Waals surface area contributed by atoms with Gasteiger partial charge in [-0.1, -0.05) is 17.7 Å². The minimum atomic E-state index is 0.114. The van der Waals surface area contributed by atoms with Crippen molar-refractivity contribution in [2.24, 2.45) is 7.05 Å². The predicted octanol–water partition coefficient (Wildman–Crippen LogP) is 2.19. The van der Waals surface area contributed by atoms with Crippen LogP contribution >= 0.6 is 11.6 Å². The molecule has 0 aromatic carbocycles. The van der Waals surface area contributed by atoms with Crippen LogP contribution in [0.1, 0.15) is 30.4 Å². The van der Waals surface area contributed by atoms with Crippen LogP contribution in [0.15, 0.2) is 30.7 Å². The Labute approximate surface area is 147 Å². The molecule has 0 amide bonds. The molecule has 2 unspecified atom stereocenters. The summed E-state index contributed by atoms with van der Waals surface area (Å²) >= 11 is 6.10. The number of hydrogen-bond donors (Lipinski definition) is 1. The molecule has 0 saturated carbocycles. The van der Waals surface area contributed by atoms with Crippen LogP contribution in [0, 0.1) is 0 Å². The van der Waals surface area contributed by atoms with Crippen molar-refractivity contribution in [1.29, 1.82) is 0 Å². The molecule has 7 heteroatoms. The highest BCUT2D eigenvalue weighted by molar-refractivity contribution is 6.29. The summed E-state index contributed by atoms with van der Waals surface area (Å²) in [5.41, 5.74) is 1.22. The van der Waals surface area contributed by atoms with Gasteiger partial charge in [-0.2, -0.15) is 0 Å². The van der Waals surface area contributed by atoms with Crippen LogP contribution in [0.25, 0.3) is 0 Å². The van der Waals surface area contributed by atoms with Crippen molar-refractivity contribution in [2.75, 3.05) is 32.8 Å². The molecule has 130 valence electrons. The molecule has 3 rings (SSSR count). The molecule has 24 heavy (non-hydrogen) atoms. The summed E-state index contributed by atoms with van der Waals surface area (Å²) in [7, 11) is 1.93. The number of aromatic nitrogens is 3. The third-order valence-electron chi connectivity index (χ3n) is 4.53. The standard InChI is InChI=1S/C17H24ClN5O/c1-13(17-21-12-16(18)22(17)2)20-11-15(14-4-3-5-19-10-14)23-6-8-24-9-7-23/h3-5,10,12-13,15,20H,6-9,11H2,1-2H3. The predicted molar refractivity (Wildman–Crippen MR) is 94.0 cm³/mol. The second-order valence-corrected chi connectivity index (χ2v) is 6.47. The SMILES string of the molecule is CC(NCC(c1cccnc1)N1CCOCC1)c1ncc(Cl)n1C. The zero-order valence-corrected chi connectivity index (χ0v) is 14.9. The number of rotatable bonds is 6. The molecule has 1 aliphatic rings. The number of nitrogens with zero attached hydrogens (tertiary/aromatic N) is 4. The number of hydrogen-bond acceptors (Lipinski definition) is 5. The molecule has 6 nitrogen and oxygen atoms in total. The Bertz CT molecular complexity index is 642. The molecule has 2 aromatic rings. The maximum absolute atomic E-state index is 6.10. The molecule has 1 N–H and O–H groups in total. The largest absolute Gasteiger partial charge is 0.379 e. The van der Waals surface area contributed by atoms with Gasteiger partial charge in [-0.25, -0.2) is 4.98 Å². The number of morpholine rings is 1. The number of ether oxygens (including phenoxy) is 1. The molecule has 2 aromatic heterocycles. The molecular weight excluding hydrogens is 326 g/mol. The average molecular weight is 350 g/mol. The Morgan fingerprint density at radius 3 is 2.75 bits per heavy atom. The lowest BCUT2D eigenvalue weighted by molar-refractivity contribution is 0.0156. The molecule has 0 spiro atoms. The number of halogens is 1. The van der Waals surface area contributed by atoms with E-state index in [0.717, 1.165) is 38.7 Å². The third-order valence-corrected chi connectivity index (χ3v) is 4.88. The molecular formula is C17H24ClN5O. The maximum Gasteiger partial charge on any atom is 0.128 e. The lowest BCUT2D eigenvalue weighted by Crippen LogP contribution is -2.43. The minimum absolute atomic E-state index is 0.114. The van der Waals surface area contributed by atoms with E-state index in [1.807, 2.05) is 30.1 Å². The summed E-state index contributed by atoms with van der Waals surface area (Å²) in [6, 6.07) is 4.51. The van der Waals surface area contributed by atoms with E-state index in [1.54, 1.807) is 6.20 Å². The van der Waals surface area contributed by atoms with Gasteiger partial charge >= 0.3 is 0 Å². The Balaban J connectivity index is 1.70. The van der Waals surface area contributed by atoms with Crippen LogP contribution in [-0.4, -0.2) is 52.3 Å². The van der Waals surface area contributed by atoms with Gasteiger partial charge in [0.25, 0.3) is 0 Å². The fraction of sp³-hybridized carbons (Fsp3) is 0.529. The van der Waals surface area contributed by atoms with Crippen LogP contribution in [0.3, 0.4) is 0 Å². The van der Waals surface area contributed by atoms with Crippen molar-refractivity contribution in [3.63, 3.8) is 0 Å². The molecule has 0 bridgehead atoms. The van der Waals surface area contributed by atoms with E-state index in [2.05, 4.69) is 33.2 Å². The van der Waals surface area contributed by atoms with E-state index in [0.29, 0.717) is 5.15 Å². The zero-order chi connectivity index (χ0) is 16.9. The van der Waals surface area contributed by atoms with Crippen LogP contribution < -0.4 is 5.32 Å². The van der Waals surface area contributed by atoms with Crippen molar-refractivity contribution < 1.29 is 4.74 Å². The Hall–Kier alpha value is -1.47. The first-order valence-corrected chi connectivity index (χ1v) is 8.67. The number of nitrogens with one attached hydrogen (secondary N) is 1.